The van der Waals surface area contributed by atoms with Gasteiger partial charge in [0.25, 0.3) is 11.7 Å². The summed E-state index contributed by atoms with van der Waals surface area (Å²) in [5, 5.41) is 11.3. The maximum atomic E-state index is 13.7. The van der Waals surface area contributed by atoms with Crippen LogP contribution in [-0.2, 0) is 22.7 Å². The van der Waals surface area contributed by atoms with Gasteiger partial charge in [-0.3, -0.25) is 9.59 Å². The lowest BCUT2D eigenvalue weighted by Crippen LogP contribution is -2.31. The first-order chi connectivity index (χ1) is 18.9. The van der Waals surface area contributed by atoms with E-state index < -0.39 is 23.5 Å². The highest BCUT2D eigenvalue weighted by atomic mass is 19.1. The van der Waals surface area contributed by atoms with E-state index >= 15 is 0 Å². The Balaban J connectivity index is 1.41. The first-order valence-electron chi connectivity index (χ1n) is 12.7. The highest BCUT2D eigenvalue weighted by Gasteiger charge is 2.45. The second-order valence-corrected chi connectivity index (χ2v) is 9.50. The number of benzene rings is 3. The summed E-state index contributed by atoms with van der Waals surface area (Å²) in [6.45, 7) is 3.28. The lowest BCUT2D eigenvalue weighted by atomic mass is 9.95. The van der Waals surface area contributed by atoms with Gasteiger partial charge in [-0.05, 0) is 60.9 Å². The SMILES string of the molecule is Cc1cccc(COc2ccc(/C(O)=C3/C(=O)C(=O)N(CCCn4ccnc4)C3c3ccc(F)cc3)cc2)c1. The van der Waals surface area contributed by atoms with Crippen molar-refractivity contribution in [1.82, 2.24) is 14.5 Å². The molecule has 8 heteroatoms. The molecular weight excluding hydrogens is 497 g/mol. The molecule has 1 aliphatic heterocycles. The monoisotopic (exact) mass is 525 g/mol. The smallest absolute Gasteiger partial charge is 0.295 e. The van der Waals surface area contributed by atoms with Crippen LogP contribution in [-0.4, -0.2) is 37.8 Å². The molecule has 4 aromatic rings. The summed E-state index contributed by atoms with van der Waals surface area (Å²) in [6, 6.07) is 19.5. The minimum Gasteiger partial charge on any atom is -0.507 e. The Bertz CT molecular complexity index is 1500. The molecule has 3 aromatic carbocycles. The van der Waals surface area contributed by atoms with Crippen LogP contribution < -0.4 is 4.74 Å². The second-order valence-electron chi connectivity index (χ2n) is 9.50. The Labute approximate surface area is 225 Å². The molecule has 0 aliphatic carbocycles. The largest absolute Gasteiger partial charge is 0.507 e. The molecule has 39 heavy (non-hydrogen) atoms. The van der Waals surface area contributed by atoms with E-state index in [1.807, 2.05) is 42.0 Å². The van der Waals surface area contributed by atoms with Gasteiger partial charge in [-0.25, -0.2) is 9.37 Å². The Morgan fingerprint density at radius 3 is 2.49 bits per heavy atom. The van der Waals surface area contributed by atoms with Crippen molar-refractivity contribution in [2.45, 2.75) is 32.5 Å². The zero-order valence-electron chi connectivity index (χ0n) is 21.5. The first-order valence-corrected chi connectivity index (χ1v) is 12.7. The minimum atomic E-state index is -0.842. The summed E-state index contributed by atoms with van der Waals surface area (Å²) >= 11 is 0. The Kier molecular flexibility index (Phi) is 7.54. The number of ketones is 1. The molecule has 1 aliphatic rings. The van der Waals surface area contributed by atoms with E-state index in [4.69, 9.17) is 4.74 Å². The van der Waals surface area contributed by atoms with Gasteiger partial charge in [-0.1, -0.05) is 42.0 Å². The van der Waals surface area contributed by atoms with Crippen molar-refractivity contribution in [1.29, 1.82) is 0 Å². The van der Waals surface area contributed by atoms with E-state index in [0.717, 1.165) is 11.1 Å². The number of nitrogens with zero attached hydrogens (tertiary/aromatic N) is 3. The molecule has 1 N–H and O–H groups in total. The molecule has 1 amide bonds. The molecule has 1 fully saturated rings. The van der Waals surface area contributed by atoms with Gasteiger partial charge >= 0.3 is 0 Å². The van der Waals surface area contributed by atoms with Crippen LogP contribution in [0, 0.1) is 12.7 Å². The fourth-order valence-electron chi connectivity index (χ4n) is 4.78. The number of hydrogen-bond acceptors (Lipinski definition) is 5. The van der Waals surface area contributed by atoms with Crippen LogP contribution in [0.15, 0.2) is 97.1 Å². The van der Waals surface area contributed by atoms with Gasteiger partial charge in [-0.15, -0.1) is 0 Å². The molecule has 2 heterocycles. The molecule has 1 saturated heterocycles. The number of likely N-dealkylation sites (tertiary alicyclic amines) is 1. The van der Waals surface area contributed by atoms with Crippen molar-refractivity contribution in [3.63, 3.8) is 0 Å². The number of hydrogen-bond donors (Lipinski definition) is 1. The Morgan fingerprint density at radius 2 is 1.79 bits per heavy atom. The van der Waals surface area contributed by atoms with Crippen molar-refractivity contribution in [3.8, 4) is 5.75 Å². The lowest BCUT2D eigenvalue weighted by molar-refractivity contribution is -0.139. The number of carbonyl (C=O) groups is 2. The number of Topliss-reactive ketones (excluding diaryl/α,β-unsaturated/α-hetero) is 1. The average molecular weight is 526 g/mol. The van der Waals surface area contributed by atoms with Crippen molar-refractivity contribution >= 4 is 17.4 Å². The van der Waals surface area contributed by atoms with E-state index in [9.17, 15) is 19.1 Å². The van der Waals surface area contributed by atoms with Gasteiger partial charge in [0.1, 0.15) is 23.9 Å². The fraction of sp³-hybridized carbons (Fsp3) is 0.194. The van der Waals surface area contributed by atoms with Crippen LogP contribution in [0.2, 0.25) is 0 Å². The summed E-state index contributed by atoms with van der Waals surface area (Å²) in [7, 11) is 0. The van der Waals surface area contributed by atoms with Gasteiger partial charge in [0.05, 0.1) is 17.9 Å². The van der Waals surface area contributed by atoms with E-state index in [0.29, 0.717) is 36.4 Å². The van der Waals surface area contributed by atoms with E-state index in [1.165, 1.54) is 29.2 Å². The van der Waals surface area contributed by atoms with E-state index in [-0.39, 0.29) is 17.9 Å². The molecule has 198 valence electrons. The van der Waals surface area contributed by atoms with E-state index in [2.05, 4.69) is 4.98 Å². The number of aliphatic hydroxyl groups excluding tert-OH is 1. The van der Waals surface area contributed by atoms with Gasteiger partial charge in [-0.2, -0.15) is 0 Å². The van der Waals surface area contributed by atoms with Crippen LogP contribution in [0.5, 0.6) is 5.75 Å². The summed E-state index contributed by atoms with van der Waals surface area (Å²) in [4.78, 5) is 31.8. The molecule has 1 atom stereocenters. The third-order valence-corrected chi connectivity index (χ3v) is 6.72. The minimum absolute atomic E-state index is 0.0253. The number of imidazole rings is 1. The molecule has 7 nitrogen and oxygen atoms in total. The molecule has 0 radical (unpaired) electrons. The predicted molar refractivity (Wildman–Crippen MR) is 144 cm³/mol. The number of ether oxygens (including phenoxy) is 1. The first kappa shape index (κ1) is 25.9. The van der Waals surface area contributed by atoms with Gasteiger partial charge in [0.2, 0.25) is 0 Å². The highest BCUT2D eigenvalue weighted by molar-refractivity contribution is 6.46. The zero-order valence-corrected chi connectivity index (χ0v) is 21.5. The average Bonchev–Trinajstić information content (AvgIpc) is 3.55. The Hall–Kier alpha value is -4.72. The molecule has 5 rings (SSSR count). The van der Waals surface area contributed by atoms with Gasteiger partial charge < -0.3 is 19.3 Å². The highest BCUT2D eigenvalue weighted by Crippen LogP contribution is 2.39. The second kappa shape index (κ2) is 11.3. The van der Waals surface area contributed by atoms with Crippen LogP contribution in [0.3, 0.4) is 0 Å². The van der Waals surface area contributed by atoms with E-state index in [1.54, 1.807) is 36.8 Å². The third kappa shape index (κ3) is 5.75. The molecular formula is C31H28FN3O4. The molecule has 0 saturated carbocycles. The van der Waals surface area contributed by atoms with Crippen molar-refractivity contribution < 1.29 is 23.8 Å². The maximum Gasteiger partial charge on any atom is 0.295 e. The topological polar surface area (TPSA) is 84.7 Å². The molecule has 1 unspecified atom stereocenters. The maximum absolute atomic E-state index is 13.7. The van der Waals surface area contributed by atoms with Crippen LogP contribution in [0.1, 0.15) is 34.7 Å². The summed E-state index contributed by atoms with van der Waals surface area (Å²) < 4.78 is 21.5. The predicted octanol–water partition coefficient (Wildman–Crippen LogP) is 5.42. The summed E-state index contributed by atoms with van der Waals surface area (Å²) in [6.07, 6.45) is 5.73. The standard InChI is InChI=1S/C31H28FN3O4/c1-21-4-2-5-22(18-21)19-39-26-12-8-24(9-13-26)29(36)27-28(23-6-10-25(32)11-7-23)35(31(38)30(27)37)16-3-15-34-17-14-33-20-34/h2,4-14,17-18,20,28,36H,3,15-16,19H2,1H3/b29-27-. The third-order valence-electron chi connectivity index (χ3n) is 6.72. The van der Waals surface area contributed by atoms with Crippen LogP contribution in [0.25, 0.3) is 5.76 Å². The Morgan fingerprint density at radius 1 is 1.03 bits per heavy atom. The molecule has 1 aromatic heterocycles. The van der Waals surface area contributed by atoms with Crippen LogP contribution >= 0.6 is 0 Å². The van der Waals surface area contributed by atoms with Crippen molar-refractivity contribution in [3.05, 3.63) is 125 Å². The number of halogens is 1. The lowest BCUT2D eigenvalue weighted by Gasteiger charge is -2.25. The van der Waals surface area contributed by atoms with Crippen molar-refractivity contribution in [2.24, 2.45) is 0 Å². The number of rotatable bonds is 9. The number of carbonyl (C=O) groups excluding carboxylic acids is 2. The summed E-state index contributed by atoms with van der Waals surface area (Å²) in [5.74, 6) is -1.59. The van der Waals surface area contributed by atoms with Crippen LogP contribution in [0.4, 0.5) is 4.39 Å². The fourth-order valence-corrected chi connectivity index (χ4v) is 4.78. The number of aromatic nitrogens is 2. The summed E-state index contributed by atoms with van der Waals surface area (Å²) in [5.41, 5.74) is 3.07. The molecule has 0 spiro atoms. The quantitative estimate of drug-likeness (QED) is 0.179. The number of aliphatic hydroxyl groups is 1. The normalized spacial score (nSPS) is 16.6. The van der Waals surface area contributed by atoms with Crippen molar-refractivity contribution in [2.75, 3.05) is 6.54 Å². The van der Waals surface area contributed by atoms with Gasteiger partial charge in [0.15, 0.2) is 0 Å². The number of aryl methyl sites for hydroxylation is 2. The number of amides is 1. The zero-order chi connectivity index (χ0) is 27.4. The molecule has 0 bridgehead atoms. The van der Waals surface area contributed by atoms with Gasteiger partial charge in [0, 0.05) is 31.0 Å².